The van der Waals surface area contributed by atoms with Crippen molar-refractivity contribution >= 4 is 17.7 Å². The SMILES string of the molecule is CCCCC(F)(F)C(=O)CC=C1C(OC(=O)c2ccccc2)CC2OC(=O)CC12. The zero-order chi connectivity index (χ0) is 21.0. The largest absolute Gasteiger partial charge is 0.462 e. The summed E-state index contributed by atoms with van der Waals surface area (Å²) < 4.78 is 38.8. The second-order valence-corrected chi connectivity index (χ2v) is 7.47. The first-order valence-corrected chi connectivity index (χ1v) is 9.88. The molecule has 1 aromatic carbocycles. The van der Waals surface area contributed by atoms with Crippen LogP contribution in [0.5, 0.6) is 0 Å². The summed E-state index contributed by atoms with van der Waals surface area (Å²) in [5, 5.41) is 0. The Balaban J connectivity index is 1.74. The van der Waals surface area contributed by atoms with Gasteiger partial charge in [-0.25, -0.2) is 4.79 Å². The van der Waals surface area contributed by atoms with Crippen LogP contribution in [0.3, 0.4) is 0 Å². The molecule has 3 atom stereocenters. The van der Waals surface area contributed by atoms with Crippen LogP contribution in [0.15, 0.2) is 42.0 Å². The predicted molar refractivity (Wildman–Crippen MR) is 100 cm³/mol. The second-order valence-electron chi connectivity index (χ2n) is 7.47. The highest BCUT2D eigenvalue weighted by Gasteiger charge is 2.48. The van der Waals surface area contributed by atoms with Gasteiger partial charge in [-0.1, -0.05) is 37.6 Å². The van der Waals surface area contributed by atoms with Gasteiger partial charge in [-0.2, -0.15) is 8.78 Å². The molecule has 2 aliphatic rings. The highest BCUT2D eigenvalue weighted by molar-refractivity contribution is 5.90. The molecule has 29 heavy (non-hydrogen) atoms. The van der Waals surface area contributed by atoms with Crippen molar-refractivity contribution in [1.82, 2.24) is 0 Å². The Labute approximate surface area is 168 Å². The summed E-state index contributed by atoms with van der Waals surface area (Å²) in [6.07, 6.45) is 0.481. The Morgan fingerprint density at radius 2 is 2.00 bits per heavy atom. The molecule has 1 heterocycles. The van der Waals surface area contributed by atoms with Gasteiger partial charge >= 0.3 is 17.9 Å². The number of hydrogen-bond acceptors (Lipinski definition) is 5. The number of benzene rings is 1. The van der Waals surface area contributed by atoms with E-state index in [-0.39, 0.29) is 31.1 Å². The van der Waals surface area contributed by atoms with E-state index in [0.717, 1.165) is 0 Å². The van der Waals surface area contributed by atoms with E-state index in [1.54, 1.807) is 37.3 Å². The maximum absolute atomic E-state index is 14.0. The molecular formula is C22H24F2O5. The Morgan fingerprint density at radius 3 is 2.69 bits per heavy atom. The molecule has 0 amide bonds. The van der Waals surface area contributed by atoms with Gasteiger partial charge < -0.3 is 9.47 Å². The highest BCUT2D eigenvalue weighted by Crippen LogP contribution is 2.43. The van der Waals surface area contributed by atoms with Crippen molar-refractivity contribution in [1.29, 1.82) is 0 Å². The molecule has 0 bridgehead atoms. The number of ketones is 1. The van der Waals surface area contributed by atoms with Gasteiger partial charge in [-0.15, -0.1) is 0 Å². The zero-order valence-corrected chi connectivity index (χ0v) is 16.2. The van der Waals surface area contributed by atoms with Crippen LogP contribution < -0.4 is 0 Å². The topological polar surface area (TPSA) is 69.7 Å². The third-order valence-electron chi connectivity index (χ3n) is 5.40. The first-order chi connectivity index (χ1) is 13.8. The number of ether oxygens (including phenoxy) is 2. The van der Waals surface area contributed by atoms with Crippen LogP contribution in [0.4, 0.5) is 8.78 Å². The van der Waals surface area contributed by atoms with Crippen molar-refractivity contribution in [3.8, 4) is 0 Å². The van der Waals surface area contributed by atoms with Gasteiger partial charge in [0, 0.05) is 25.2 Å². The van der Waals surface area contributed by atoms with Gasteiger partial charge in [0.15, 0.2) is 0 Å². The van der Waals surface area contributed by atoms with E-state index in [4.69, 9.17) is 9.47 Å². The van der Waals surface area contributed by atoms with Gasteiger partial charge in [-0.05, 0) is 24.1 Å². The number of alkyl halides is 2. The number of allylic oxidation sites excluding steroid dienone is 1. The van der Waals surface area contributed by atoms with Crippen LogP contribution in [0.2, 0.25) is 0 Å². The van der Waals surface area contributed by atoms with Crippen molar-refractivity contribution < 1.29 is 32.6 Å². The molecule has 1 saturated carbocycles. The molecule has 1 aromatic rings. The molecule has 7 heteroatoms. The van der Waals surface area contributed by atoms with Crippen molar-refractivity contribution in [2.75, 3.05) is 0 Å². The van der Waals surface area contributed by atoms with Gasteiger partial charge in [0.25, 0.3) is 0 Å². The maximum Gasteiger partial charge on any atom is 0.338 e. The van der Waals surface area contributed by atoms with E-state index in [1.165, 1.54) is 6.08 Å². The summed E-state index contributed by atoms with van der Waals surface area (Å²) in [5.41, 5.74) is 0.882. The fourth-order valence-electron chi connectivity index (χ4n) is 3.81. The lowest BCUT2D eigenvalue weighted by Gasteiger charge is -2.17. The quantitative estimate of drug-likeness (QED) is 0.477. The molecule has 1 saturated heterocycles. The van der Waals surface area contributed by atoms with Crippen LogP contribution in [0.25, 0.3) is 0 Å². The molecule has 1 aliphatic carbocycles. The van der Waals surface area contributed by atoms with Crippen molar-refractivity contribution in [2.24, 2.45) is 5.92 Å². The number of Topliss-reactive ketones (excluding diaryl/α,β-unsaturated/α-hetero) is 1. The summed E-state index contributed by atoms with van der Waals surface area (Å²) in [4.78, 5) is 36.1. The summed E-state index contributed by atoms with van der Waals surface area (Å²) >= 11 is 0. The first-order valence-electron chi connectivity index (χ1n) is 9.88. The molecular weight excluding hydrogens is 382 g/mol. The summed E-state index contributed by atoms with van der Waals surface area (Å²) in [6.45, 7) is 1.78. The number of carbonyl (C=O) groups is 3. The van der Waals surface area contributed by atoms with E-state index in [9.17, 15) is 23.2 Å². The number of rotatable bonds is 8. The average Bonchev–Trinajstić information content (AvgIpc) is 3.20. The molecule has 0 spiro atoms. The molecule has 156 valence electrons. The standard InChI is InChI=1S/C22H24F2O5/c1-2-3-11-22(23,24)19(25)10-9-15-16-12-20(26)28-18(16)13-17(15)29-21(27)14-7-5-4-6-8-14/h4-9,16-18H,2-3,10-13H2,1H3. The lowest BCUT2D eigenvalue weighted by Crippen LogP contribution is -2.28. The van der Waals surface area contributed by atoms with Crippen LogP contribution in [-0.2, 0) is 19.1 Å². The third kappa shape index (κ3) is 4.89. The van der Waals surface area contributed by atoms with Gasteiger partial charge in [0.1, 0.15) is 12.2 Å². The summed E-state index contributed by atoms with van der Waals surface area (Å²) in [5.74, 6) is -5.83. The van der Waals surface area contributed by atoms with Crippen molar-refractivity contribution in [3.05, 3.63) is 47.5 Å². The molecule has 2 fully saturated rings. The molecule has 3 rings (SSSR count). The van der Waals surface area contributed by atoms with Gasteiger partial charge in [0.05, 0.1) is 12.0 Å². The van der Waals surface area contributed by atoms with E-state index in [2.05, 4.69) is 0 Å². The minimum Gasteiger partial charge on any atom is -0.462 e. The number of halogens is 2. The Bertz CT molecular complexity index is 803. The minimum absolute atomic E-state index is 0.0936. The third-order valence-corrected chi connectivity index (χ3v) is 5.40. The first kappa shape index (κ1) is 21.1. The van der Waals surface area contributed by atoms with Crippen molar-refractivity contribution in [2.45, 2.75) is 63.6 Å². The Morgan fingerprint density at radius 1 is 1.28 bits per heavy atom. The number of carbonyl (C=O) groups excluding carboxylic acids is 3. The average molecular weight is 406 g/mol. The van der Waals surface area contributed by atoms with E-state index >= 15 is 0 Å². The minimum atomic E-state index is -3.39. The number of esters is 2. The number of hydrogen-bond donors (Lipinski definition) is 0. The van der Waals surface area contributed by atoms with Crippen LogP contribution in [0, 0.1) is 5.92 Å². The predicted octanol–water partition coefficient (Wildman–Crippen LogP) is 4.26. The smallest absolute Gasteiger partial charge is 0.338 e. The molecule has 1 aliphatic heterocycles. The zero-order valence-electron chi connectivity index (χ0n) is 16.2. The van der Waals surface area contributed by atoms with Gasteiger partial charge in [0.2, 0.25) is 5.78 Å². The highest BCUT2D eigenvalue weighted by atomic mass is 19.3. The Hall–Kier alpha value is -2.57. The summed E-state index contributed by atoms with van der Waals surface area (Å²) in [7, 11) is 0. The molecule has 5 nitrogen and oxygen atoms in total. The van der Waals surface area contributed by atoms with Crippen molar-refractivity contribution in [3.63, 3.8) is 0 Å². The van der Waals surface area contributed by atoms with Crippen LogP contribution >= 0.6 is 0 Å². The fraction of sp³-hybridized carbons (Fsp3) is 0.500. The molecule has 0 N–H and O–H groups in total. The normalized spacial score (nSPS) is 25.0. The van der Waals surface area contributed by atoms with E-state index in [1.807, 2.05) is 0 Å². The maximum atomic E-state index is 14.0. The van der Waals surface area contributed by atoms with Gasteiger partial charge in [-0.3, -0.25) is 9.59 Å². The van der Waals surface area contributed by atoms with Crippen LogP contribution in [0.1, 0.15) is 55.8 Å². The lowest BCUT2D eigenvalue weighted by atomic mass is 9.96. The van der Waals surface area contributed by atoms with Crippen LogP contribution in [-0.4, -0.2) is 35.9 Å². The Kier molecular flexibility index (Phi) is 6.45. The summed E-state index contributed by atoms with van der Waals surface area (Å²) in [6, 6.07) is 8.40. The lowest BCUT2D eigenvalue weighted by molar-refractivity contribution is -0.143. The van der Waals surface area contributed by atoms with E-state index in [0.29, 0.717) is 17.6 Å². The van der Waals surface area contributed by atoms with E-state index < -0.39 is 42.7 Å². The molecule has 0 aromatic heterocycles. The monoisotopic (exact) mass is 406 g/mol. The molecule has 3 unspecified atom stereocenters. The molecule has 0 radical (unpaired) electrons. The number of unbranched alkanes of at least 4 members (excludes halogenated alkanes) is 1. The fourth-order valence-corrected chi connectivity index (χ4v) is 3.81. The number of fused-ring (bicyclic) bond motifs is 1. The second kappa shape index (κ2) is 8.84.